The van der Waals surface area contributed by atoms with Crippen molar-refractivity contribution in [2.45, 2.75) is 6.42 Å². The number of rotatable bonds is 3. The summed E-state index contributed by atoms with van der Waals surface area (Å²) in [6, 6.07) is 0. The molecule has 0 aliphatic carbocycles. The number of primary amides is 2. The fraction of sp³-hybridized carbons (Fsp3) is 0.667. The number of hydrogen-bond acceptors (Lipinski definition) is 3. The summed E-state index contributed by atoms with van der Waals surface area (Å²) >= 11 is 0. The van der Waals surface area contributed by atoms with Gasteiger partial charge in [-0.05, 0) is 0 Å². The molecule has 0 saturated carbocycles. The lowest BCUT2D eigenvalue weighted by atomic mass is 9.78. The minimum absolute atomic E-state index is 0.0509. The standard InChI is InChI=1S/C6H11N3O2/c7-4(10)1-6(5(8)11)2-9-3-6/h9H,1-3H2,(H2,7,10)(H2,8,11). The highest BCUT2D eigenvalue weighted by molar-refractivity contribution is 5.88. The van der Waals surface area contributed by atoms with Crippen LogP contribution in [-0.2, 0) is 9.59 Å². The van der Waals surface area contributed by atoms with Crippen molar-refractivity contribution < 1.29 is 9.59 Å². The van der Waals surface area contributed by atoms with Gasteiger partial charge in [0, 0.05) is 19.5 Å². The number of carbonyl (C=O) groups is 2. The number of nitrogens with one attached hydrogen (secondary N) is 1. The molecule has 62 valence electrons. The Balaban J connectivity index is 2.61. The van der Waals surface area contributed by atoms with Gasteiger partial charge in [-0.25, -0.2) is 0 Å². The van der Waals surface area contributed by atoms with Gasteiger partial charge in [-0.2, -0.15) is 0 Å². The zero-order chi connectivity index (χ0) is 8.48. The summed E-state index contributed by atoms with van der Waals surface area (Å²) in [6.07, 6.45) is 0.0509. The molecule has 1 saturated heterocycles. The quantitative estimate of drug-likeness (QED) is 0.439. The third-order valence-electron chi connectivity index (χ3n) is 1.96. The molecule has 2 amide bonds. The molecule has 0 aromatic heterocycles. The molecule has 5 nitrogen and oxygen atoms in total. The molecule has 0 aromatic rings. The summed E-state index contributed by atoms with van der Waals surface area (Å²) in [4.78, 5) is 21.3. The molecule has 0 unspecified atom stereocenters. The van der Waals surface area contributed by atoms with Crippen LogP contribution in [0.1, 0.15) is 6.42 Å². The van der Waals surface area contributed by atoms with Crippen molar-refractivity contribution in [2.75, 3.05) is 13.1 Å². The van der Waals surface area contributed by atoms with Gasteiger partial charge in [0.15, 0.2) is 0 Å². The maximum absolute atomic E-state index is 10.8. The first-order chi connectivity index (χ1) is 5.07. The van der Waals surface area contributed by atoms with Gasteiger partial charge in [0.1, 0.15) is 0 Å². The van der Waals surface area contributed by atoms with Gasteiger partial charge in [0.05, 0.1) is 5.41 Å². The third-order valence-corrected chi connectivity index (χ3v) is 1.96. The lowest BCUT2D eigenvalue weighted by Crippen LogP contribution is -2.61. The molecule has 1 fully saturated rings. The second kappa shape index (κ2) is 2.50. The molecule has 1 aliphatic rings. The van der Waals surface area contributed by atoms with E-state index in [2.05, 4.69) is 5.32 Å². The molecule has 1 heterocycles. The van der Waals surface area contributed by atoms with Crippen molar-refractivity contribution in [2.24, 2.45) is 16.9 Å². The van der Waals surface area contributed by atoms with E-state index in [1.807, 2.05) is 0 Å². The van der Waals surface area contributed by atoms with Crippen LogP contribution in [0.5, 0.6) is 0 Å². The van der Waals surface area contributed by atoms with Gasteiger partial charge in [-0.1, -0.05) is 0 Å². The highest BCUT2D eigenvalue weighted by atomic mass is 16.2. The zero-order valence-electron chi connectivity index (χ0n) is 6.09. The van der Waals surface area contributed by atoms with Gasteiger partial charge in [-0.15, -0.1) is 0 Å². The predicted molar refractivity (Wildman–Crippen MR) is 38.3 cm³/mol. The van der Waals surface area contributed by atoms with Crippen molar-refractivity contribution in [3.05, 3.63) is 0 Å². The summed E-state index contributed by atoms with van der Waals surface area (Å²) in [6.45, 7) is 0.927. The summed E-state index contributed by atoms with van der Waals surface area (Å²) in [5.74, 6) is -0.930. The van der Waals surface area contributed by atoms with E-state index in [1.165, 1.54) is 0 Å². The monoisotopic (exact) mass is 157 g/mol. The Labute approximate surface area is 64.1 Å². The van der Waals surface area contributed by atoms with Crippen molar-refractivity contribution in [3.63, 3.8) is 0 Å². The lowest BCUT2D eigenvalue weighted by molar-refractivity contribution is -0.135. The van der Waals surface area contributed by atoms with Crippen LogP contribution < -0.4 is 16.8 Å². The molecule has 1 aliphatic heterocycles. The first-order valence-electron chi connectivity index (χ1n) is 3.36. The Morgan fingerprint density at radius 3 is 2.00 bits per heavy atom. The molecular weight excluding hydrogens is 146 g/mol. The highest BCUT2D eigenvalue weighted by Gasteiger charge is 2.43. The van der Waals surface area contributed by atoms with E-state index in [0.29, 0.717) is 13.1 Å². The molecule has 0 aromatic carbocycles. The molecular formula is C6H11N3O2. The molecule has 1 rings (SSSR count). The Bertz CT molecular complexity index is 198. The van der Waals surface area contributed by atoms with Crippen molar-refractivity contribution in [1.29, 1.82) is 0 Å². The number of amides is 2. The molecule has 5 N–H and O–H groups in total. The van der Waals surface area contributed by atoms with E-state index in [9.17, 15) is 9.59 Å². The SMILES string of the molecule is NC(=O)CC1(C(N)=O)CNC1. The Morgan fingerprint density at radius 1 is 1.36 bits per heavy atom. The first kappa shape index (κ1) is 8.00. The molecule has 5 heteroatoms. The average Bonchev–Trinajstić information content (AvgIpc) is 1.77. The Hall–Kier alpha value is -1.10. The fourth-order valence-corrected chi connectivity index (χ4v) is 1.15. The first-order valence-corrected chi connectivity index (χ1v) is 3.36. The van der Waals surface area contributed by atoms with Crippen LogP contribution in [0.15, 0.2) is 0 Å². The number of carbonyl (C=O) groups excluding carboxylic acids is 2. The summed E-state index contributed by atoms with van der Waals surface area (Å²) in [5.41, 5.74) is 9.34. The normalized spacial score (nSPS) is 20.4. The maximum atomic E-state index is 10.8. The van der Waals surface area contributed by atoms with E-state index in [1.54, 1.807) is 0 Å². The van der Waals surface area contributed by atoms with Gasteiger partial charge in [0.25, 0.3) is 0 Å². The predicted octanol–water partition coefficient (Wildman–Crippen LogP) is -2.06. The summed E-state index contributed by atoms with van der Waals surface area (Å²) < 4.78 is 0. The van der Waals surface area contributed by atoms with Gasteiger partial charge >= 0.3 is 0 Å². The Morgan fingerprint density at radius 2 is 1.91 bits per heavy atom. The number of nitrogens with two attached hydrogens (primary N) is 2. The molecule has 0 spiro atoms. The zero-order valence-corrected chi connectivity index (χ0v) is 6.09. The van der Waals surface area contributed by atoms with E-state index in [0.717, 1.165) is 0 Å². The topological polar surface area (TPSA) is 98.2 Å². The Kier molecular flexibility index (Phi) is 1.82. The van der Waals surface area contributed by atoms with E-state index in [4.69, 9.17) is 11.5 Å². The second-order valence-corrected chi connectivity index (χ2v) is 2.89. The molecule has 0 radical (unpaired) electrons. The van der Waals surface area contributed by atoms with Crippen LogP contribution in [0.2, 0.25) is 0 Å². The van der Waals surface area contributed by atoms with Crippen LogP contribution in [0.25, 0.3) is 0 Å². The van der Waals surface area contributed by atoms with E-state index >= 15 is 0 Å². The lowest BCUT2D eigenvalue weighted by Gasteiger charge is -2.38. The third kappa shape index (κ3) is 1.32. The van der Waals surface area contributed by atoms with Crippen LogP contribution in [0.4, 0.5) is 0 Å². The molecule has 0 bridgehead atoms. The fourth-order valence-electron chi connectivity index (χ4n) is 1.15. The second-order valence-electron chi connectivity index (χ2n) is 2.89. The summed E-state index contributed by atoms with van der Waals surface area (Å²) in [7, 11) is 0. The van der Waals surface area contributed by atoms with Crippen LogP contribution >= 0.6 is 0 Å². The number of hydrogen-bond donors (Lipinski definition) is 3. The van der Waals surface area contributed by atoms with Crippen LogP contribution in [0.3, 0.4) is 0 Å². The molecule has 0 atom stereocenters. The van der Waals surface area contributed by atoms with Crippen molar-refractivity contribution in [1.82, 2.24) is 5.32 Å². The van der Waals surface area contributed by atoms with E-state index < -0.39 is 17.2 Å². The van der Waals surface area contributed by atoms with Crippen LogP contribution in [-0.4, -0.2) is 24.9 Å². The largest absolute Gasteiger partial charge is 0.370 e. The highest BCUT2D eigenvalue weighted by Crippen LogP contribution is 2.25. The van der Waals surface area contributed by atoms with E-state index in [-0.39, 0.29) is 6.42 Å². The minimum atomic E-state index is -0.703. The summed E-state index contributed by atoms with van der Waals surface area (Å²) in [5, 5.41) is 2.88. The van der Waals surface area contributed by atoms with Crippen LogP contribution in [0, 0.1) is 5.41 Å². The maximum Gasteiger partial charge on any atom is 0.226 e. The van der Waals surface area contributed by atoms with Crippen molar-refractivity contribution >= 4 is 11.8 Å². The molecule has 11 heavy (non-hydrogen) atoms. The van der Waals surface area contributed by atoms with Gasteiger partial charge in [0.2, 0.25) is 11.8 Å². The minimum Gasteiger partial charge on any atom is -0.370 e. The average molecular weight is 157 g/mol. The smallest absolute Gasteiger partial charge is 0.226 e. The van der Waals surface area contributed by atoms with Crippen molar-refractivity contribution in [3.8, 4) is 0 Å². The van der Waals surface area contributed by atoms with Gasteiger partial charge < -0.3 is 16.8 Å². The van der Waals surface area contributed by atoms with Gasteiger partial charge in [-0.3, -0.25) is 9.59 Å².